The summed E-state index contributed by atoms with van der Waals surface area (Å²) in [5.74, 6) is 0.300. The van der Waals surface area contributed by atoms with Crippen molar-refractivity contribution in [3.63, 3.8) is 0 Å². The van der Waals surface area contributed by atoms with Gasteiger partial charge in [-0.1, -0.05) is 72.4 Å². The van der Waals surface area contributed by atoms with Gasteiger partial charge in [0.25, 0.3) is 5.91 Å². The van der Waals surface area contributed by atoms with Gasteiger partial charge in [-0.25, -0.2) is 0 Å². The van der Waals surface area contributed by atoms with Crippen molar-refractivity contribution in [2.45, 2.75) is 29.8 Å². The highest BCUT2D eigenvalue weighted by Gasteiger charge is 2.32. The molecule has 2 aromatic carbocycles. The summed E-state index contributed by atoms with van der Waals surface area (Å²) in [7, 11) is 0. The minimum atomic E-state index is -1.99. The van der Waals surface area contributed by atoms with Crippen LogP contribution in [-0.2, 0) is 0 Å². The number of halogens is 3. The molecule has 0 aromatic heterocycles. The first kappa shape index (κ1) is 20.8. The highest BCUT2D eigenvalue weighted by Crippen LogP contribution is 2.29. The predicted octanol–water partition coefficient (Wildman–Crippen LogP) is 4.95. The van der Waals surface area contributed by atoms with E-state index >= 15 is 0 Å². The number of hydrogen-bond donors (Lipinski definition) is 2. The van der Waals surface area contributed by atoms with Crippen LogP contribution in [0.15, 0.2) is 48.5 Å². The average Bonchev–Trinajstić information content (AvgIpc) is 2.62. The first-order chi connectivity index (χ1) is 12.3. The van der Waals surface area contributed by atoms with Gasteiger partial charge in [-0.2, -0.15) is 0 Å². The molecule has 2 N–H and O–H groups in total. The molecule has 7 heteroatoms. The summed E-state index contributed by atoms with van der Waals surface area (Å²) < 4.78 is 3.65. The van der Waals surface area contributed by atoms with Crippen molar-refractivity contribution in [1.82, 2.24) is 5.32 Å². The smallest absolute Gasteiger partial charge is 0.253 e. The van der Waals surface area contributed by atoms with E-state index in [0.29, 0.717) is 12.2 Å². The van der Waals surface area contributed by atoms with Crippen molar-refractivity contribution in [3.8, 4) is 16.9 Å². The van der Waals surface area contributed by atoms with Crippen LogP contribution < -0.4 is 10.1 Å². The number of unbranched alkanes of at least 4 members (excludes halogenated alkanes) is 1. The van der Waals surface area contributed by atoms with Crippen LogP contribution in [0.3, 0.4) is 0 Å². The number of benzene rings is 2. The van der Waals surface area contributed by atoms with Crippen LogP contribution in [0.25, 0.3) is 11.1 Å². The molecule has 0 bridgehead atoms. The van der Waals surface area contributed by atoms with Crippen LogP contribution in [0.1, 0.15) is 30.1 Å². The van der Waals surface area contributed by atoms with Gasteiger partial charge < -0.3 is 15.2 Å². The van der Waals surface area contributed by atoms with Gasteiger partial charge in [0.2, 0.25) is 3.79 Å². The molecule has 0 aliphatic carbocycles. The molecule has 26 heavy (non-hydrogen) atoms. The Morgan fingerprint density at radius 1 is 1.08 bits per heavy atom. The number of rotatable bonds is 7. The predicted molar refractivity (Wildman–Crippen MR) is 106 cm³/mol. The van der Waals surface area contributed by atoms with E-state index in [1.165, 1.54) is 0 Å². The number of carbonyl (C=O) groups excluding carboxylic acids is 1. The summed E-state index contributed by atoms with van der Waals surface area (Å²) in [6.07, 6.45) is 0.523. The lowest BCUT2D eigenvalue weighted by Crippen LogP contribution is -2.43. The summed E-state index contributed by atoms with van der Waals surface area (Å²) in [5, 5.41) is 11.8. The van der Waals surface area contributed by atoms with E-state index in [4.69, 9.17) is 39.5 Å². The van der Waals surface area contributed by atoms with Gasteiger partial charge in [-0.3, -0.25) is 4.79 Å². The molecule has 2 rings (SSSR count). The normalized spacial score (nSPS) is 12.5. The van der Waals surface area contributed by atoms with Crippen LogP contribution in [0.4, 0.5) is 0 Å². The van der Waals surface area contributed by atoms with Gasteiger partial charge in [-0.15, -0.1) is 0 Å². The Morgan fingerprint density at radius 2 is 1.62 bits per heavy atom. The van der Waals surface area contributed by atoms with Crippen molar-refractivity contribution in [2.75, 3.05) is 6.61 Å². The third-order valence-corrected chi connectivity index (χ3v) is 4.30. The number of aliphatic hydroxyl groups is 1. The lowest BCUT2D eigenvalue weighted by molar-refractivity contribution is 0.0792. The summed E-state index contributed by atoms with van der Waals surface area (Å²) in [6.45, 7) is 2.83. The quantitative estimate of drug-likeness (QED) is 0.381. The fraction of sp³-hybridized carbons (Fsp3) is 0.316. The fourth-order valence-corrected chi connectivity index (χ4v) is 2.35. The van der Waals surface area contributed by atoms with Crippen molar-refractivity contribution in [2.24, 2.45) is 0 Å². The minimum Gasteiger partial charge on any atom is -0.494 e. The van der Waals surface area contributed by atoms with E-state index in [1.807, 2.05) is 36.4 Å². The second-order valence-electron chi connectivity index (χ2n) is 5.72. The Bertz CT molecular complexity index is 712. The molecule has 0 saturated heterocycles. The standard InChI is InChI=1S/C19H20Cl3NO3/c1-2-3-12-26-16-10-8-14(9-11-16)13-4-6-15(7-5-13)17(24)23-18(25)19(20,21)22/h4-11,18,25H,2-3,12H2,1H3,(H,23,24)/t18-/m0/s1. The fourth-order valence-electron chi connectivity index (χ4n) is 2.18. The lowest BCUT2D eigenvalue weighted by atomic mass is 10.0. The van der Waals surface area contributed by atoms with E-state index < -0.39 is 15.9 Å². The highest BCUT2D eigenvalue weighted by molar-refractivity contribution is 6.68. The maximum Gasteiger partial charge on any atom is 0.253 e. The zero-order valence-corrected chi connectivity index (χ0v) is 16.5. The molecule has 0 aliphatic rings. The number of ether oxygens (including phenoxy) is 1. The molecular weight excluding hydrogens is 397 g/mol. The van der Waals surface area contributed by atoms with E-state index in [1.54, 1.807) is 12.1 Å². The number of hydrogen-bond acceptors (Lipinski definition) is 3. The molecule has 1 atom stereocenters. The van der Waals surface area contributed by atoms with Gasteiger partial charge in [0.15, 0.2) is 6.23 Å². The SMILES string of the molecule is CCCCOc1ccc(-c2ccc(C(=O)N[C@@H](O)C(Cl)(Cl)Cl)cc2)cc1. The molecular formula is C19H20Cl3NO3. The Balaban J connectivity index is 2.01. The molecule has 0 aliphatic heterocycles. The van der Waals surface area contributed by atoms with Crippen LogP contribution in [-0.4, -0.2) is 27.6 Å². The Kier molecular flexibility index (Phi) is 7.59. The second-order valence-corrected chi connectivity index (χ2v) is 8.09. The maximum absolute atomic E-state index is 12.1. The molecule has 0 saturated carbocycles. The molecule has 4 nitrogen and oxygen atoms in total. The molecule has 0 unspecified atom stereocenters. The summed E-state index contributed by atoms with van der Waals surface area (Å²) in [5.41, 5.74) is 2.30. The van der Waals surface area contributed by atoms with Gasteiger partial charge >= 0.3 is 0 Å². The summed E-state index contributed by atoms with van der Waals surface area (Å²) in [4.78, 5) is 12.1. The largest absolute Gasteiger partial charge is 0.494 e. The minimum absolute atomic E-state index is 0.349. The second kappa shape index (κ2) is 9.47. The van der Waals surface area contributed by atoms with Gasteiger partial charge in [0.05, 0.1) is 6.61 Å². The molecule has 0 fully saturated rings. The number of amides is 1. The van der Waals surface area contributed by atoms with Crippen LogP contribution in [0, 0.1) is 0 Å². The molecule has 1 amide bonds. The van der Waals surface area contributed by atoms with E-state index in [0.717, 1.165) is 29.7 Å². The number of nitrogens with one attached hydrogen (secondary N) is 1. The Hall–Kier alpha value is -1.46. The first-order valence-corrected chi connectivity index (χ1v) is 9.33. The van der Waals surface area contributed by atoms with Crippen molar-refractivity contribution in [1.29, 1.82) is 0 Å². The maximum atomic E-state index is 12.1. The topological polar surface area (TPSA) is 58.6 Å². The highest BCUT2D eigenvalue weighted by atomic mass is 35.6. The average molecular weight is 417 g/mol. The third-order valence-electron chi connectivity index (χ3n) is 3.68. The monoisotopic (exact) mass is 415 g/mol. The van der Waals surface area contributed by atoms with Crippen molar-refractivity contribution >= 4 is 40.7 Å². The zero-order chi connectivity index (χ0) is 19.2. The number of alkyl halides is 3. The number of carbonyl (C=O) groups is 1. The van der Waals surface area contributed by atoms with Crippen LogP contribution in [0.5, 0.6) is 5.75 Å². The van der Waals surface area contributed by atoms with E-state index in [2.05, 4.69) is 12.2 Å². The van der Waals surface area contributed by atoms with Crippen molar-refractivity contribution < 1.29 is 14.6 Å². The molecule has 0 heterocycles. The van der Waals surface area contributed by atoms with Gasteiger partial charge in [0, 0.05) is 5.56 Å². The zero-order valence-electron chi connectivity index (χ0n) is 14.2. The van der Waals surface area contributed by atoms with Crippen molar-refractivity contribution in [3.05, 3.63) is 54.1 Å². The van der Waals surface area contributed by atoms with E-state index in [9.17, 15) is 9.90 Å². The Labute approximate surface area is 168 Å². The molecule has 0 spiro atoms. The van der Waals surface area contributed by atoms with Crippen LogP contribution in [0.2, 0.25) is 0 Å². The first-order valence-electron chi connectivity index (χ1n) is 8.20. The Morgan fingerprint density at radius 3 is 2.12 bits per heavy atom. The molecule has 140 valence electrons. The molecule has 0 radical (unpaired) electrons. The van der Waals surface area contributed by atoms with Crippen LogP contribution >= 0.6 is 34.8 Å². The lowest BCUT2D eigenvalue weighted by Gasteiger charge is -2.19. The molecule has 2 aromatic rings. The van der Waals surface area contributed by atoms with E-state index in [-0.39, 0.29) is 0 Å². The van der Waals surface area contributed by atoms with Gasteiger partial charge in [-0.05, 0) is 41.8 Å². The summed E-state index contributed by atoms with van der Waals surface area (Å²) in [6, 6.07) is 14.7. The third kappa shape index (κ3) is 6.06. The number of aliphatic hydroxyl groups excluding tert-OH is 1. The van der Waals surface area contributed by atoms with Gasteiger partial charge in [0.1, 0.15) is 5.75 Å². The summed E-state index contributed by atoms with van der Waals surface area (Å²) >= 11 is 16.6.